The van der Waals surface area contributed by atoms with Crippen LogP contribution in [-0.2, 0) is 6.61 Å². The zero-order chi connectivity index (χ0) is 26.2. The zero-order valence-corrected chi connectivity index (χ0v) is 22.2. The average Bonchev–Trinajstić information content (AvgIpc) is 3.59. The first-order valence-electron chi connectivity index (χ1n) is 14.4. The molecule has 5 aromatic rings. The second kappa shape index (κ2) is 10.5. The predicted octanol–water partition coefficient (Wildman–Crippen LogP) is 7.01. The second-order valence-corrected chi connectivity index (χ2v) is 11.2. The number of imidazole rings is 1. The van der Waals surface area contributed by atoms with E-state index in [1.807, 2.05) is 24.5 Å². The molecule has 0 bridgehead atoms. The molecule has 2 aromatic carbocycles. The van der Waals surface area contributed by atoms with Crippen LogP contribution in [0.4, 0.5) is 0 Å². The number of rotatable bonds is 6. The summed E-state index contributed by atoms with van der Waals surface area (Å²) in [7, 11) is 0. The molecule has 0 amide bonds. The van der Waals surface area contributed by atoms with Crippen LogP contribution in [0.25, 0.3) is 33.2 Å². The third kappa shape index (κ3) is 4.69. The van der Waals surface area contributed by atoms with Gasteiger partial charge in [0.15, 0.2) is 0 Å². The van der Waals surface area contributed by atoms with Crippen molar-refractivity contribution in [2.24, 2.45) is 0 Å². The van der Waals surface area contributed by atoms with Gasteiger partial charge in [-0.25, -0.2) is 9.97 Å². The largest absolute Gasteiger partial charge is 0.471 e. The quantitative estimate of drug-likeness (QED) is 0.260. The smallest absolute Gasteiger partial charge is 0.242 e. The lowest BCUT2D eigenvalue weighted by Crippen LogP contribution is -2.22. The minimum atomic E-state index is -0.289. The standard InChI is InChI=1S/C32H35N5O2/c38-26-13-7-12-25(17-26)36-18-27(30-31(36)32(34-20-33-30)39-19-22-8-3-1-4-9-22)23-14-15-29-28(16-23)35-21-37(29)24-10-5-2-6-11-24/h1,3-4,8-9,14-16,18,20-21,24-26,38H,2,5-7,10-13,17,19H2. The van der Waals surface area contributed by atoms with Crippen molar-refractivity contribution < 1.29 is 9.84 Å². The van der Waals surface area contributed by atoms with E-state index in [0.29, 0.717) is 18.5 Å². The fourth-order valence-corrected chi connectivity index (χ4v) is 6.63. The van der Waals surface area contributed by atoms with E-state index < -0.39 is 0 Å². The van der Waals surface area contributed by atoms with Gasteiger partial charge in [0.25, 0.3) is 0 Å². The van der Waals surface area contributed by atoms with Crippen LogP contribution >= 0.6 is 0 Å². The number of aliphatic hydroxyl groups excluding tert-OH is 1. The number of aromatic nitrogens is 5. The lowest BCUT2D eigenvalue weighted by molar-refractivity contribution is 0.105. The first-order chi connectivity index (χ1) is 19.2. The number of hydrogen-bond donors (Lipinski definition) is 1. The van der Waals surface area contributed by atoms with Gasteiger partial charge in [0, 0.05) is 23.8 Å². The molecular formula is C32H35N5O2. The summed E-state index contributed by atoms with van der Waals surface area (Å²) in [5.41, 5.74) is 7.22. The van der Waals surface area contributed by atoms with Gasteiger partial charge in [0.2, 0.25) is 5.88 Å². The second-order valence-electron chi connectivity index (χ2n) is 11.2. The average molecular weight is 522 g/mol. The molecule has 3 heterocycles. The van der Waals surface area contributed by atoms with Crippen LogP contribution in [0.5, 0.6) is 5.88 Å². The molecule has 1 N–H and O–H groups in total. The fraction of sp³-hybridized carbons (Fsp3) is 0.406. The summed E-state index contributed by atoms with van der Waals surface area (Å²) in [5, 5.41) is 10.5. The molecule has 2 fully saturated rings. The fourth-order valence-electron chi connectivity index (χ4n) is 6.63. The van der Waals surface area contributed by atoms with Crippen molar-refractivity contribution in [1.82, 2.24) is 24.1 Å². The number of aliphatic hydroxyl groups is 1. The minimum Gasteiger partial charge on any atom is -0.471 e. The Hall–Kier alpha value is -3.71. The van der Waals surface area contributed by atoms with Crippen molar-refractivity contribution in [2.75, 3.05) is 0 Å². The summed E-state index contributed by atoms with van der Waals surface area (Å²) in [6.07, 6.45) is 15.5. The lowest BCUT2D eigenvalue weighted by atomic mass is 9.93. The summed E-state index contributed by atoms with van der Waals surface area (Å²) in [5.74, 6) is 0.581. The molecule has 0 aliphatic heterocycles. The molecule has 7 rings (SSSR count). The molecule has 39 heavy (non-hydrogen) atoms. The van der Waals surface area contributed by atoms with E-state index in [-0.39, 0.29) is 12.1 Å². The van der Waals surface area contributed by atoms with E-state index >= 15 is 0 Å². The molecule has 2 aliphatic rings. The summed E-state index contributed by atoms with van der Waals surface area (Å²) < 4.78 is 10.9. The van der Waals surface area contributed by atoms with Gasteiger partial charge in [0.1, 0.15) is 24.0 Å². The highest BCUT2D eigenvalue weighted by molar-refractivity contribution is 5.97. The highest BCUT2D eigenvalue weighted by atomic mass is 16.5. The Balaban J connectivity index is 1.30. The Labute approximate surface area is 228 Å². The monoisotopic (exact) mass is 521 g/mol. The Morgan fingerprint density at radius 2 is 1.69 bits per heavy atom. The van der Waals surface area contributed by atoms with Crippen molar-refractivity contribution >= 4 is 22.1 Å². The summed E-state index contributed by atoms with van der Waals surface area (Å²) >= 11 is 0. The van der Waals surface area contributed by atoms with Gasteiger partial charge < -0.3 is 19.0 Å². The molecule has 2 saturated carbocycles. The van der Waals surface area contributed by atoms with Gasteiger partial charge in [-0.3, -0.25) is 0 Å². The Morgan fingerprint density at radius 3 is 2.54 bits per heavy atom. The number of nitrogens with zero attached hydrogens (tertiary/aromatic N) is 5. The number of hydrogen-bond acceptors (Lipinski definition) is 5. The van der Waals surface area contributed by atoms with Crippen LogP contribution in [-0.4, -0.2) is 35.3 Å². The third-order valence-corrected chi connectivity index (χ3v) is 8.65. The predicted molar refractivity (Wildman–Crippen MR) is 153 cm³/mol. The molecule has 0 spiro atoms. The van der Waals surface area contributed by atoms with E-state index in [0.717, 1.165) is 58.9 Å². The van der Waals surface area contributed by atoms with Gasteiger partial charge in [-0.2, -0.15) is 4.98 Å². The lowest BCUT2D eigenvalue weighted by Gasteiger charge is -2.28. The Bertz CT molecular complexity index is 1580. The van der Waals surface area contributed by atoms with E-state index in [9.17, 15) is 5.11 Å². The van der Waals surface area contributed by atoms with Crippen LogP contribution in [0.2, 0.25) is 0 Å². The van der Waals surface area contributed by atoms with E-state index in [1.165, 1.54) is 37.6 Å². The molecule has 3 aromatic heterocycles. The van der Waals surface area contributed by atoms with Crippen LogP contribution in [0, 0.1) is 0 Å². The third-order valence-electron chi connectivity index (χ3n) is 8.65. The van der Waals surface area contributed by atoms with E-state index in [1.54, 1.807) is 6.33 Å². The van der Waals surface area contributed by atoms with Crippen molar-refractivity contribution in [2.45, 2.75) is 82.6 Å². The maximum absolute atomic E-state index is 10.5. The Morgan fingerprint density at radius 1 is 0.846 bits per heavy atom. The van der Waals surface area contributed by atoms with Gasteiger partial charge in [-0.15, -0.1) is 0 Å². The molecule has 7 heteroatoms. The van der Waals surface area contributed by atoms with Crippen LogP contribution in [0.1, 0.15) is 75.4 Å². The molecule has 2 aliphatic carbocycles. The molecule has 0 saturated heterocycles. The first kappa shape index (κ1) is 24.3. The first-order valence-corrected chi connectivity index (χ1v) is 14.4. The molecule has 0 radical (unpaired) electrons. The minimum absolute atomic E-state index is 0.171. The van der Waals surface area contributed by atoms with Crippen molar-refractivity contribution in [3.63, 3.8) is 0 Å². The number of benzene rings is 2. The van der Waals surface area contributed by atoms with Crippen LogP contribution in [0.15, 0.2) is 67.4 Å². The van der Waals surface area contributed by atoms with Crippen molar-refractivity contribution in [3.05, 3.63) is 72.9 Å². The van der Waals surface area contributed by atoms with Crippen molar-refractivity contribution in [1.29, 1.82) is 0 Å². The van der Waals surface area contributed by atoms with E-state index in [4.69, 9.17) is 14.7 Å². The van der Waals surface area contributed by atoms with Gasteiger partial charge in [-0.05, 0) is 61.8 Å². The highest BCUT2D eigenvalue weighted by Gasteiger charge is 2.27. The molecule has 200 valence electrons. The summed E-state index contributed by atoms with van der Waals surface area (Å²) in [6.45, 7) is 0.436. The number of ether oxygens (including phenoxy) is 1. The van der Waals surface area contributed by atoms with Crippen molar-refractivity contribution in [3.8, 4) is 17.0 Å². The topological polar surface area (TPSA) is 78.0 Å². The highest BCUT2D eigenvalue weighted by Crippen LogP contribution is 2.40. The molecule has 2 unspecified atom stereocenters. The SMILES string of the molecule is OC1CCCC(n2cc(-c3ccc4c(c3)ncn4C3CCCCC3)c3ncnc(OCc4ccccc4)c32)C1. The Kier molecular flexibility index (Phi) is 6.52. The van der Waals surface area contributed by atoms with Crippen LogP contribution in [0.3, 0.4) is 0 Å². The maximum Gasteiger partial charge on any atom is 0.242 e. The maximum atomic E-state index is 10.5. The van der Waals surface area contributed by atoms with Gasteiger partial charge >= 0.3 is 0 Å². The van der Waals surface area contributed by atoms with E-state index in [2.05, 4.69) is 50.6 Å². The van der Waals surface area contributed by atoms with Gasteiger partial charge in [0.05, 0.1) is 23.5 Å². The number of fused-ring (bicyclic) bond motifs is 2. The molecule has 7 nitrogen and oxygen atoms in total. The van der Waals surface area contributed by atoms with Gasteiger partial charge in [-0.1, -0.05) is 55.7 Å². The zero-order valence-electron chi connectivity index (χ0n) is 22.2. The molecule has 2 atom stereocenters. The summed E-state index contributed by atoms with van der Waals surface area (Å²) in [4.78, 5) is 14.2. The molecular weight excluding hydrogens is 486 g/mol. The normalized spacial score (nSPS) is 20.5. The summed E-state index contributed by atoms with van der Waals surface area (Å²) in [6, 6.07) is 17.5. The van der Waals surface area contributed by atoms with Crippen LogP contribution < -0.4 is 4.74 Å².